The monoisotopic (exact) mass is 460 g/mol. The zero-order valence-electron chi connectivity index (χ0n) is 20.9. The van der Waals surface area contributed by atoms with Crippen LogP contribution in [0.15, 0.2) is 47.6 Å². The highest BCUT2D eigenvalue weighted by Gasteiger charge is 2.62. The summed E-state index contributed by atoms with van der Waals surface area (Å²) in [5.41, 5.74) is 4.05. The number of Topliss-reactive ketones (excluding diaryl/α,β-unsaturated/α-hetero) is 1. The van der Waals surface area contributed by atoms with Crippen LogP contribution in [0.5, 0.6) is 0 Å². The van der Waals surface area contributed by atoms with Crippen molar-refractivity contribution in [3.63, 3.8) is 0 Å². The van der Waals surface area contributed by atoms with Crippen LogP contribution >= 0.6 is 0 Å². The minimum atomic E-state index is -0.0894. The highest BCUT2D eigenvalue weighted by atomic mass is 16.6. The number of fused-ring (bicyclic) bond motifs is 5. The Morgan fingerprint density at radius 1 is 1.06 bits per heavy atom. The second-order valence-corrected chi connectivity index (χ2v) is 12.3. The summed E-state index contributed by atoms with van der Waals surface area (Å²) in [7, 11) is 0. The smallest absolute Gasteiger partial charge is 0.141 e. The first-order valence-electron chi connectivity index (χ1n) is 13.6. The standard InChI is InChI=1S/C30H40N2O2/c1-19-17-22-23-9-10-26(33)29(23,2)14-11-24(22)30(3)15-12-25(32-34-21-13-16-31-18-21)27(28(19)30)20-7-5-4-6-8-20/h4-8,21-24,27-28,31H,1,9-18H2,2-3H3. The Hall–Kier alpha value is -1.94. The van der Waals surface area contributed by atoms with Gasteiger partial charge in [-0.15, -0.1) is 0 Å². The minimum Gasteiger partial charge on any atom is -0.391 e. The molecule has 6 rings (SSSR count). The molecule has 1 saturated heterocycles. The Morgan fingerprint density at radius 2 is 1.88 bits per heavy atom. The number of benzene rings is 1. The van der Waals surface area contributed by atoms with E-state index in [0.29, 0.717) is 29.5 Å². The third kappa shape index (κ3) is 3.35. The van der Waals surface area contributed by atoms with Gasteiger partial charge in [-0.1, -0.05) is 61.5 Å². The van der Waals surface area contributed by atoms with Gasteiger partial charge in [-0.2, -0.15) is 0 Å². The first kappa shape index (κ1) is 22.5. The van der Waals surface area contributed by atoms with Gasteiger partial charge in [0.25, 0.3) is 0 Å². The van der Waals surface area contributed by atoms with E-state index in [1.165, 1.54) is 23.3 Å². The van der Waals surface area contributed by atoms with Crippen LogP contribution in [-0.2, 0) is 9.63 Å². The molecule has 34 heavy (non-hydrogen) atoms. The molecule has 1 aliphatic heterocycles. The molecule has 4 aliphatic carbocycles. The molecule has 1 N–H and O–H groups in total. The lowest BCUT2D eigenvalue weighted by molar-refractivity contribution is -0.134. The fourth-order valence-corrected chi connectivity index (χ4v) is 9.00. The Morgan fingerprint density at radius 3 is 2.65 bits per heavy atom. The van der Waals surface area contributed by atoms with Crippen molar-refractivity contribution in [2.75, 3.05) is 13.1 Å². The van der Waals surface area contributed by atoms with Crippen molar-refractivity contribution in [2.45, 2.75) is 77.2 Å². The predicted octanol–water partition coefficient (Wildman–Crippen LogP) is 5.89. The Bertz CT molecular complexity index is 996. The van der Waals surface area contributed by atoms with Crippen molar-refractivity contribution in [1.82, 2.24) is 5.32 Å². The van der Waals surface area contributed by atoms with Gasteiger partial charge in [-0.3, -0.25) is 4.79 Å². The van der Waals surface area contributed by atoms with Gasteiger partial charge >= 0.3 is 0 Å². The van der Waals surface area contributed by atoms with Crippen LogP contribution < -0.4 is 5.32 Å². The quantitative estimate of drug-likeness (QED) is 0.452. The number of ketones is 1. The molecule has 0 spiro atoms. The SMILES string of the molecule is C=C1CC2C3CCC(=O)C3(C)CCC2C2(C)CCC(=NOC3CCNC3)C(c3ccccc3)C12. The van der Waals surface area contributed by atoms with Gasteiger partial charge in [0, 0.05) is 30.7 Å². The summed E-state index contributed by atoms with van der Waals surface area (Å²) in [6.07, 6.45) is 8.55. The maximum Gasteiger partial charge on any atom is 0.141 e. The van der Waals surface area contributed by atoms with E-state index in [-0.39, 0.29) is 22.9 Å². The Labute approximate surface area is 204 Å². The van der Waals surface area contributed by atoms with Gasteiger partial charge in [0.2, 0.25) is 0 Å². The number of nitrogens with one attached hydrogen (secondary N) is 1. The number of hydrogen-bond acceptors (Lipinski definition) is 4. The van der Waals surface area contributed by atoms with E-state index in [1.54, 1.807) is 0 Å². The summed E-state index contributed by atoms with van der Waals surface area (Å²) in [5.74, 6) is 2.95. The van der Waals surface area contributed by atoms with Gasteiger partial charge in [-0.05, 0) is 79.7 Å². The van der Waals surface area contributed by atoms with E-state index >= 15 is 0 Å². The molecule has 1 aromatic carbocycles. The fourth-order valence-electron chi connectivity index (χ4n) is 9.00. The van der Waals surface area contributed by atoms with E-state index in [1.807, 2.05) is 0 Å². The first-order chi connectivity index (χ1) is 16.4. The lowest BCUT2D eigenvalue weighted by Gasteiger charge is -2.61. The summed E-state index contributed by atoms with van der Waals surface area (Å²) < 4.78 is 0. The fraction of sp³-hybridized carbons (Fsp3) is 0.667. The van der Waals surface area contributed by atoms with Crippen molar-refractivity contribution in [1.29, 1.82) is 0 Å². The highest BCUT2D eigenvalue weighted by Crippen LogP contribution is 2.68. The van der Waals surface area contributed by atoms with Gasteiger partial charge < -0.3 is 10.2 Å². The molecule has 4 heteroatoms. The van der Waals surface area contributed by atoms with Crippen LogP contribution in [0, 0.1) is 34.5 Å². The zero-order valence-corrected chi connectivity index (χ0v) is 20.9. The summed E-state index contributed by atoms with van der Waals surface area (Å²) in [6.45, 7) is 11.5. The van der Waals surface area contributed by atoms with Crippen LogP contribution in [0.25, 0.3) is 0 Å². The summed E-state index contributed by atoms with van der Waals surface area (Å²) >= 11 is 0. The number of rotatable bonds is 3. The highest BCUT2D eigenvalue weighted by molar-refractivity contribution is 5.92. The van der Waals surface area contributed by atoms with Gasteiger partial charge in [0.05, 0.1) is 5.71 Å². The van der Waals surface area contributed by atoms with E-state index in [4.69, 9.17) is 16.6 Å². The normalized spacial score (nSPS) is 45.1. The maximum absolute atomic E-state index is 12.9. The molecule has 182 valence electrons. The summed E-state index contributed by atoms with van der Waals surface area (Å²) in [5, 5.41) is 8.23. The molecule has 1 aromatic rings. The molecule has 0 bridgehead atoms. The Kier molecular flexibility index (Phi) is 5.51. The number of carbonyl (C=O) groups excluding carboxylic acids is 1. The molecular formula is C30H40N2O2. The molecule has 8 atom stereocenters. The largest absolute Gasteiger partial charge is 0.391 e. The number of allylic oxidation sites excluding steroid dienone is 1. The van der Waals surface area contributed by atoms with E-state index < -0.39 is 0 Å². The van der Waals surface area contributed by atoms with Crippen molar-refractivity contribution < 1.29 is 9.63 Å². The van der Waals surface area contributed by atoms with Gasteiger partial charge in [0.15, 0.2) is 0 Å². The van der Waals surface area contributed by atoms with E-state index in [2.05, 4.69) is 49.5 Å². The second kappa shape index (κ2) is 8.33. The molecule has 5 fully saturated rings. The molecule has 0 aromatic heterocycles. The van der Waals surface area contributed by atoms with Crippen molar-refractivity contribution in [3.05, 3.63) is 48.0 Å². The molecular weight excluding hydrogens is 420 g/mol. The van der Waals surface area contributed by atoms with E-state index in [9.17, 15) is 4.79 Å². The molecule has 0 amide bonds. The number of carbonyl (C=O) groups is 1. The molecule has 0 radical (unpaired) electrons. The Balaban J connectivity index is 1.36. The lowest BCUT2D eigenvalue weighted by atomic mass is 9.42. The van der Waals surface area contributed by atoms with Crippen LogP contribution in [0.4, 0.5) is 0 Å². The minimum absolute atomic E-state index is 0.0894. The average Bonchev–Trinajstić information content (AvgIpc) is 3.46. The molecule has 1 heterocycles. The van der Waals surface area contributed by atoms with Gasteiger partial charge in [0.1, 0.15) is 11.9 Å². The number of hydrogen-bond donors (Lipinski definition) is 1. The van der Waals surface area contributed by atoms with Crippen LogP contribution in [0.1, 0.15) is 76.7 Å². The third-order valence-corrected chi connectivity index (χ3v) is 10.7. The maximum atomic E-state index is 12.9. The summed E-state index contributed by atoms with van der Waals surface area (Å²) in [6, 6.07) is 11.0. The van der Waals surface area contributed by atoms with Crippen molar-refractivity contribution >= 4 is 11.5 Å². The number of oxime groups is 1. The first-order valence-corrected chi connectivity index (χ1v) is 13.6. The second-order valence-electron chi connectivity index (χ2n) is 12.3. The van der Waals surface area contributed by atoms with E-state index in [0.717, 1.165) is 58.0 Å². The van der Waals surface area contributed by atoms with Crippen LogP contribution in [0.3, 0.4) is 0 Å². The van der Waals surface area contributed by atoms with Crippen molar-refractivity contribution in [2.24, 2.45) is 39.7 Å². The lowest BCUT2D eigenvalue weighted by Crippen LogP contribution is -2.56. The zero-order chi connectivity index (χ0) is 23.5. The average molecular weight is 461 g/mol. The third-order valence-electron chi connectivity index (χ3n) is 10.7. The van der Waals surface area contributed by atoms with Crippen LogP contribution in [-0.4, -0.2) is 30.7 Å². The topological polar surface area (TPSA) is 50.7 Å². The van der Waals surface area contributed by atoms with Gasteiger partial charge in [-0.25, -0.2) is 0 Å². The molecule has 5 aliphatic rings. The molecule has 4 nitrogen and oxygen atoms in total. The molecule has 4 saturated carbocycles. The van der Waals surface area contributed by atoms with Crippen molar-refractivity contribution in [3.8, 4) is 0 Å². The molecule has 8 unspecified atom stereocenters. The van der Waals surface area contributed by atoms with Crippen LogP contribution in [0.2, 0.25) is 0 Å². The predicted molar refractivity (Wildman–Crippen MR) is 136 cm³/mol. The summed E-state index contributed by atoms with van der Waals surface area (Å²) in [4.78, 5) is 18.9. The number of nitrogens with zero attached hydrogens (tertiary/aromatic N) is 1.